The number of nitrogens with one attached hydrogen (secondary N) is 1. The third kappa shape index (κ3) is 3.28. The van der Waals surface area contributed by atoms with Crippen molar-refractivity contribution in [2.24, 2.45) is 0 Å². The molecule has 0 aliphatic carbocycles. The van der Waals surface area contributed by atoms with Crippen molar-refractivity contribution in [2.75, 3.05) is 5.73 Å². The van der Waals surface area contributed by atoms with E-state index in [1.165, 1.54) is 0 Å². The Bertz CT molecular complexity index is 1690. The molecule has 2 aromatic heterocycles. The van der Waals surface area contributed by atoms with Crippen LogP contribution >= 0.6 is 0 Å². The molecule has 0 amide bonds. The molecule has 0 atom stereocenters. The minimum Gasteiger partial charge on any atom is -0.477 e. The van der Waals surface area contributed by atoms with Crippen molar-refractivity contribution >= 4 is 33.5 Å². The van der Waals surface area contributed by atoms with Crippen LogP contribution in [0.15, 0.2) is 76.3 Å². The molecule has 0 saturated heterocycles. The topological polar surface area (TPSA) is 123 Å². The first-order valence-electron chi connectivity index (χ1n) is 10.3. The number of nitrogens with two attached hydrogens (primary N) is 1. The maximum absolute atomic E-state index is 13.4. The van der Waals surface area contributed by atoms with Crippen molar-refractivity contribution in [1.82, 2.24) is 14.1 Å². The molecule has 5 rings (SSSR count). The number of hydrogen-bond donors (Lipinski definition) is 3. The van der Waals surface area contributed by atoms with Crippen LogP contribution < -0.4 is 17.0 Å². The van der Waals surface area contributed by atoms with Crippen molar-refractivity contribution in [2.45, 2.75) is 13.5 Å². The number of benzene rings is 3. The Morgan fingerprint density at radius 2 is 1.79 bits per heavy atom. The summed E-state index contributed by atoms with van der Waals surface area (Å²) in [7, 11) is 0. The summed E-state index contributed by atoms with van der Waals surface area (Å²) in [5.74, 6) is -1.25. The molecule has 2 heterocycles. The standard InChI is InChI=1S/C25H20N4O4/c1-14-9-10-20-18(11-14)21(29-23(30)17-7-2-3-8-19(17)27-25(29)33)22(24(31)32)28(20)13-15-5-4-6-16(26)12-15/h2-12H,13,26H2,1H3,(H,27,33)(H,31,32). The normalized spacial score (nSPS) is 11.3. The van der Waals surface area contributed by atoms with E-state index in [9.17, 15) is 19.5 Å². The third-order valence-corrected chi connectivity index (χ3v) is 5.72. The van der Waals surface area contributed by atoms with Crippen LogP contribution in [-0.2, 0) is 6.54 Å². The highest BCUT2D eigenvalue weighted by Crippen LogP contribution is 2.31. The average Bonchev–Trinajstić information content (AvgIpc) is 3.07. The fraction of sp³-hybridized carbons (Fsp3) is 0.0800. The quantitative estimate of drug-likeness (QED) is 0.370. The van der Waals surface area contributed by atoms with Gasteiger partial charge in [-0.2, -0.15) is 0 Å². The molecule has 0 saturated carbocycles. The molecular formula is C25H20N4O4. The van der Waals surface area contributed by atoms with Crippen molar-refractivity contribution in [3.8, 4) is 5.69 Å². The number of rotatable bonds is 4. The zero-order valence-electron chi connectivity index (χ0n) is 17.7. The van der Waals surface area contributed by atoms with Gasteiger partial charge in [-0.3, -0.25) is 4.79 Å². The highest BCUT2D eigenvalue weighted by atomic mass is 16.4. The van der Waals surface area contributed by atoms with Gasteiger partial charge in [0.1, 0.15) is 0 Å². The Hall–Kier alpha value is -4.59. The van der Waals surface area contributed by atoms with E-state index in [0.717, 1.165) is 15.7 Å². The van der Waals surface area contributed by atoms with Crippen LogP contribution in [0.25, 0.3) is 27.5 Å². The number of carbonyl (C=O) groups is 1. The summed E-state index contributed by atoms with van der Waals surface area (Å²) in [6.07, 6.45) is 0. The highest BCUT2D eigenvalue weighted by Gasteiger charge is 2.26. The lowest BCUT2D eigenvalue weighted by Gasteiger charge is -2.11. The molecule has 0 aliphatic rings. The number of fused-ring (bicyclic) bond motifs is 2. The summed E-state index contributed by atoms with van der Waals surface area (Å²) >= 11 is 0. The molecule has 0 fully saturated rings. The van der Waals surface area contributed by atoms with Crippen LogP contribution in [0, 0.1) is 6.92 Å². The van der Waals surface area contributed by atoms with E-state index < -0.39 is 17.2 Å². The first-order chi connectivity index (χ1) is 15.8. The molecule has 4 N–H and O–H groups in total. The Labute approximate surface area is 187 Å². The number of aromatic carboxylic acids is 1. The van der Waals surface area contributed by atoms with Crippen molar-refractivity contribution in [1.29, 1.82) is 0 Å². The summed E-state index contributed by atoms with van der Waals surface area (Å²) in [6.45, 7) is 2.07. The molecule has 8 nitrogen and oxygen atoms in total. The number of carboxylic acid groups (broad SMARTS) is 1. The number of anilines is 1. The summed E-state index contributed by atoms with van der Waals surface area (Å²) < 4.78 is 2.52. The Kier molecular flexibility index (Phi) is 4.63. The van der Waals surface area contributed by atoms with Gasteiger partial charge in [-0.25, -0.2) is 14.2 Å². The monoisotopic (exact) mass is 440 g/mol. The van der Waals surface area contributed by atoms with Gasteiger partial charge < -0.3 is 20.4 Å². The van der Waals surface area contributed by atoms with Crippen LogP contribution in [0.4, 0.5) is 5.69 Å². The number of para-hydroxylation sites is 1. The minimum absolute atomic E-state index is 0.0436. The Balaban J connectivity index is 1.91. The van der Waals surface area contributed by atoms with E-state index >= 15 is 0 Å². The van der Waals surface area contributed by atoms with Gasteiger partial charge in [-0.15, -0.1) is 0 Å². The van der Waals surface area contributed by atoms with E-state index in [-0.39, 0.29) is 23.3 Å². The molecule has 5 aromatic rings. The molecule has 0 aliphatic heterocycles. The zero-order valence-corrected chi connectivity index (χ0v) is 17.7. The van der Waals surface area contributed by atoms with Crippen molar-refractivity contribution < 1.29 is 9.90 Å². The van der Waals surface area contributed by atoms with Crippen LogP contribution in [0.1, 0.15) is 21.6 Å². The van der Waals surface area contributed by atoms with Crippen molar-refractivity contribution in [3.05, 3.63) is 104 Å². The lowest BCUT2D eigenvalue weighted by Crippen LogP contribution is -2.34. The Morgan fingerprint density at radius 3 is 2.55 bits per heavy atom. The number of aromatic nitrogens is 3. The van der Waals surface area contributed by atoms with Gasteiger partial charge >= 0.3 is 11.7 Å². The smallest absolute Gasteiger partial charge is 0.354 e. The predicted molar refractivity (Wildman–Crippen MR) is 127 cm³/mol. The van der Waals surface area contributed by atoms with Gasteiger partial charge in [-0.05, 0) is 48.9 Å². The zero-order chi connectivity index (χ0) is 23.3. The summed E-state index contributed by atoms with van der Waals surface area (Å²) in [6, 6.07) is 19.2. The van der Waals surface area contributed by atoms with Gasteiger partial charge in [0.2, 0.25) is 0 Å². The largest absolute Gasteiger partial charge is 0.477 e. The van der Waals surface area contributed by atoms with Gasteiger partial charge in [0, 0.05) is 17.6 Å². The summed E-state index contributed by atoms with van der Waals surface area (Å²) in [5, 5.41) is 11.0. The Morgan fingerprint density at radius 1 is 1.00 bits per heavy atom. The van der Waals surface area contributed by atoms with E-state index in [1.54, 1.807) is 59.2 Å². The average molecular weight is 440 g/mol. The van der Waals surface area contributed by atoms with Gasteiger partial charge in [0.15, 0.2) is 5.69 Å². The number of carboxylic acids is 1. The number of nitrogen functional groups attached to an aromatic ring is 1. The van der Waals surface area contributed by atoms with Crippen LogP contribution in [0.2, 0.25) is 0 Å². The van der Waals surface area contributed by atoms with Gasteiger partial charge in [-0.1, -0.05) is 35.9 Å². The van der Waals surface area contributed by atoms with Crippen molar-refractivity contribution in [3.63, 3.8) is 0 Å². The molecule has 0 unspecified atom stereocenters. The maximum atomic E-state index is 13.4. The molecule has 164 valence electrons. The van der Waals surface area contributed by atoms with E-state index in [4.69, 9.17) is 5.73 Å². The maximum Gasteiger partial charge on any atom is 0.354 e. The minimum atomic E-state index is -1.25. The fourth-order valence-electron chi connectivity index (χ4n) is 4.30. The molecular weight excluding hydrogens is 420 g/mol. The van der Waals surface area contributed by atoms with Gasteiger partial charge in [0.05, 0.1) is 22.1 Å². The van der Waals surface area contributed by atoms with E-state index in [2.05, 4.69) is 4.98 Å². The number of hydrogen-bond acceptors (Lipinski definition) is 4. The highest BCUT2D eigenvalue weighted by molar-refractivity contribution is 6.03. The SMILES string of the molecule is Cc1ccc2c(c1)c(-n1c(=O)[nH]c3ccccc3c1=O)c(C(=O)O)n2Cc1cccc(N)c1. The van der Waals surface area contributed by atoms with Crippen LogP contribution in [0.5, 0.6) is 0 Å². The van der Waals surface area contributed by atoms with Crippen LogP contribution in [-0.4, -0.2) is 25.2 Å². The second kappa shape index (κ2) is 7.52. The third-order valence-electron chi connectivity index (χ3n) is 5.72. The summed E-state index contributed by atoms with van der Waals surface area (Å²) in [5.41, 5.74) is 7.72. The molecule has 0 radical (unpaired) electrons. The van der Waals surface area contributed by atoms with Crippen LogP contribution in [0.3, 0.4) is 0 Å². The number of aryl methyl sites for hydroxylation is 1. The van der Waals surface area contributed by atoms with E-state index in [1.807, 2.05) is 19.1 Å². The fourth-order valence-corrected chi connectivity index (χ4v) is 4.30. The molecule has 8 heteroatoms. The second-order valence-corrected chi connectivity index (χ2v) is 7.97. The number of nitrogens with zero attached hydrogens (tertiary/aromatic N) is 2. The second-order valence-electron chi connectivity index (χ2n) is 7.97. The first kappa shape index (κ1) is 20.3. The predicted octanol–water partition coefficient (Wildman–Crippen LogP) is 3.27. The number of H-pyrrole nitrogens is 1. The molecule has 0 bridgehead atoms. The summed E-state index contributed by atoms with van der Waals surface area (Å²) in [4.78, 5) is 41.7. The molecule has 0 spiro atoms. The number of aromatic amines is 1. The van der Waals surface area contributed by atoms with Gasteiger partial charge in [0.25, 0.3) is 5.56 Å². The molecule has 33 heavy (non-hydrogen) atoms. The molecule has 3 aromatic carbocycles. The lowest BCUT2D eigenvalue weighted by atomic mass is 10.1. The van der Waals surface area contributed by atoms with E-state index in [0.29, 0.717) is 22.1 Å². The first-order valence-corrected chi connectivity index (χ1v) is 10.3. The lowest BCUT2D eigenvalue weighted by molar-refractivity contribution is 0.0686.